The summed E-state index contributed by atoms with van der Waals surface area (Å²) in [6.45, 7) is 0. The molecule has 0 radical (unpaired) electrons. The molecule has 1 heterocycles. The van der Waals surface area contributed by atoms with E-state index in [4.69, 9.17) is 33.8 Å². The SMILES string of the molecule is NNc1cc(Cl)c(Oc2ccccn2)c(Cl)c1. The summed E-state index contributed by atoms with van der Waals surface area (Å²) >= 11 is 12.1. The fraction of sp³-hybridized carbons (Fsp3) is 0. The number of anilines is 1. The number of nitrogens with two attached hydrogens (primary N) is 1. The van der Waals surface area contributed by atoms with Crippen molar-refractivity contribution in [3.05, 3.63) is 46.6 Å². The molecule has 3 N–H and O–H groups in total. The van der Waals surface area contributed by atoms with Crippen LogP contribution in [0, 0.1) is 0 Å². The molecule has 0 saturated carbocycles. The molecule has 0 atom stereocenters. The van der Waals surface area contributed by atoms with Crippen LogP contribution in [-0.2, 0) is 0 Å². The third-order valence-corrected chi connectivity index (χ3v) is 2.57. The summed E-state index contributed by atoms with van der Waals surface area (Å²) in [6.07, 6.45) is 1.62. The molecular formula is C11H9Cl2N3O. The molecule has 88 valence electrons. The third kappa shape index (κ3) is 2.79. The standard InChI is InChI=1S/C11H9Cl2N3O/c12-8-5-7(16-14)6-9(13)11(8)17-10-3-1-2-4-15-10/h1-6,16H,14H2. The fourth-order valence-corrected chi connectivity index (χ4v) is 1.82. The van der Waals surface area contributed by atoms with Gasteiger partial charge in [-0.3, -0.25) is 5.84 Å². The van der Waals surface area contributed by atoms with Crippen molar-refractivity contribution in [3.8, 4) is 11.6 Å². The number of rotatable bonds is 3. The Kier molecular flexibility index (Phi) is 3.68. The molecule has 0 bridgehead atoms. The largest absolute Gasteiger partial charge is 0.436 e. The monoisotopic (exact) mass is 269 g/mol. The van der Waals surface area contributed by atoms with Crippen molar-refractivity contribution in [2.45, 2.75) is 0 Å². The Morgan fingerprint density at radius 3 is 2.41 bits per heavy atom. The predicted molar refractivity (Wildman–Crippen MR) is 68.6 cm³/mol. The van der Waals surface area contributed by atoms with E-state index in [1.165, 1.54) is 0 Å². The minimum absolute atomic E-state index is 0.353. The lowest BCUT2D eigenvalue weighted by molar-refractivity contribution is 0.463. The minimum Gasteiger partial charge on any atom is -0.436 e. The number of halogens is 2. The molecule has 4 nitrogen and oxygen atoms in total. The first-order chi connectivity index (χ1) is 8.20. The maximum absolute atomic E-state index is 6.03. The molecule has 0 aliphatic heterocycles. The number of nitrogen functional groups attached to an aromatic ring is 1. The topological polar surface area (TPSA) is 60.2 Å². The van der Waals surface area contributed by atoms with E-state index in [2.05, 4.69) is 10.4 Å². The number of ether oxygens (including phenoxy) is 1. The lowest BCUT2D eigenvalue weighted by Crippen LogP contribution is -2.06. The summed E-state index contributed by atoms with van der Waals surface area (Å²) in [6, 6.07) is 8.54. The summed E-state index contributed by atoms with van der Waals surface area (Å²) in [4.78, 5) is 4.02. The van der Waals surface area contributed by atoms with Gasteiger partial charge < -0.3 is 10.2 Å². The van der Waals surface area contributed by atoms with Crippen LogP contribution in [0.25, 0.3) is 0 Å². The van der Waals surface area contributed by atoms with Crippen LogP contribution in [0.2, 0.25) is 10.0 Å². The number of benzene rings is 1. The average Bonchev–Trinajstić information content (AvgIpc) is 2.35. The van der Waals surface area contributed by atoms with E-state index in [1.54, 1.807) is 36.5 Å². The molecule has 17 heavy (non-hydrogen) atoms. The van der Waals surface area contributed by atoms with Crippen LogP contribution >= 0.6 is 23.2 Å². The first-order valence-corrected chi connectivity index (χ1v) is 5.51. The molecule has 0 spiro atoms. The van der Waals surface area contributed by atoms with Crippen molar-refractivity contribution in [3.63, 3.8) is 0 Å². The highest BCUT2D eigenvalue weighted by Gasteiger charge is 2.10. The lowest BCUT2D eigenvalue weighted by Gasteiger charge is -2.10. The van der Waals surface area contributed by atoms with E-state index >= 15 is 0 Å². The molecule has 0 fully saturated rings. The van der Waals surface area contributed by atoms with Gasteiger partial charge in [-0.15, -0.1) is 0 Å². The van der Waals surface area contributed by atoms with Gasteiger partial charge in [0.1, 0.15) is 0 Å². The highest BCUT2D eigenvalue weighted by molar-refractivity contribution is 6.37. The second-order valence-electron chi connectivity index (χ2n) is 3.18. The van der Waals surface area contributed by atoms with Gasteiger partial charge in [0.05, 0.1) is 15.7 Å². The summed E-state index contributed by atoms with van der Waals surface area (Å²) in [5, 5.41) is 0.715. The average molecular weight is 270 g/mol. The Balaban J connectivity index is 2.33. The van der Waals surface area contributed by atoms with Crippen molar-refractivity contribution < 1.29 is 4.74 Å². The van der Waals surface area contributed by atoms with Crippen LogP contribution in [0.15, 0.2) is 36.5 Å². The van der Waals surface area contributed by atoms with Crippen LogP contribution in [0.1, 0.15) is 0 Å². The van der Waals surface area contributed by atoms with Gasteiger partial charge in [-0.2, -0.15) is 0 Å². The zero-order valence-electron chi connectivity index (χ0n) is 8.65. The van der Waals surface area contributed by atoms with E-state index < -0.39 is 0 Å². The van der Waals surface area contributed by atoms with Crippen molar-refractivity contribution in [1.82, 2.24) is 4.98 Å². The molecule has 0 saturated heterocycles. The van der Waals surface area contributed by atoms with Gasteiger partial charge in [0.15, 0.2) is 5.75 Å². The van der Waals surface area contributed by atoms with Crippen LogP contribution in [0.5, 0.6) is 11.6 Å². The maximum Gasteiger partial charge on any atom is 0.219 e. The molecule has 2 aromatic rings. The first-order valence-electron chi connectivity index (χ1n) is 4.75. The number of aromatic nitrogens is 1. The zero-order chi connectivity index (χ0) is 12.3. The van der Waals surface area contributed by atoms with Crippen LogP contribution < -0.4 is 16.0 Å². The highest BCUT2D eigenvalue weighted by atomic mass is 35.5. The summed E-state index contributed by atoms with van der Waals surface area (Å²) in [5.41, 5.74) is 3.06. The first kappa shape index (κ1) is 12.0. The predicted octanol–water partition coefficient (Wildman–Crippen LogP) is 3.47. The lowest BCUT2D eigenvalue weighted by atomic mass is 10.3. The van der Waals surface area contributed by atoms with E-state index in [1.807, 2.05) is 0 Å². The van der Waals surface area contributed by atoms with Crippen LogP contribution in [0.4, 0.5) is 5.69 Å². The summed E-state index contributed by atoms with van der Waals surface area (Å²) in [5.74, 6) is 6.04. The van der Waals surface area contributed by atoms with Gasteiger partial charge in [0, 0.05) is 12.3 Å². The Labute approximate surface area is 108 Å². The van der Waals surface area contributed by atoms with Crippen LogP contribution in [-0.4, -0.2) is 4.98 Å². The Morgan fingerprint density at radius 1 is 1.18 bits per heavy atom. The summed E-state index contributed by atoms with van der Waals surface area (Å²) in [7, 11) is 0. The highest BCUT2D eigenvalue weighted by Crippen LogP contribution is 2.37. The van der Waals surface area contributed by atoms with Crippen LogP contribution in [0.3, 0.4) is 0 Å². The van der Waals surface area contributed by atoms with E-state index in [-0.39, 0.29) is 0 Å². The molecule has 1 aromatic carbocycles. The van der Waals surface area contributed by atoms with Gasteiger partial charge in [-0.05, 0) is 18.2 Å². The Morgan fingerprint density at radius 2 is 1.88 bits per heavy atom. The second kappa shape index (κ2) is 5.23. The third-order valence-electron chi connectivity index (χ3n) is 2.01. The van der Waals surface area contributed by atoms with Gasteiger partial charge in [0.25, 0.3) is 0 Å². The second-order valence-corrected chi connectivity index (χ2v) is 4.00. The molecular weight excluding hydrogens is 261 g/mol. The van der Waals surface area contributed by atoms with Crippen molar-refractivity contribution in [2.24, 2.45) is 5.84 Å². The maximum atomic E-state index is 6.03. The zero-order valence-corrected chi connectivity index (χ0v) is 10.2. The molecule has 1 aromatic heterocycles. The van der Waals surface area contributed by atoms with Gasteiger partial charge in [-0.25, -0.2) is 4.98 Å². The van der Waals surface area contributed by atoms with Crippen molar-refractivity contribution >= 4 is 28.9 Å². The summed E-state index contributed by atoms with van der Waals surface area (Å²) < 4.78 is 5.50. The Bertz CT molecular complexity index is 496. The molecule has 6 heteroatoms. The Hall–Kier alpha value is -1.49. The van der Waals surface area contributed by atoms with Gasteiger partial charge in [0.2, 0.25) is 5.88 Å². The number of nitrogens with zero attached hydrogens (tertiary/aromatic N) is 1. The van der Waals surface area contributed by atoms with Crippen molar-refractivity contribution in [1.29, 1.82) is 0 Å². The van der Waals surface area contributed by atoms with E-state index in [0.717, 1.165) is 0 Å². The van der Waals surface area contributed by atoms with E-state index in [0.29, 0.717) is 27.4 Å². The van der Waals surface area contributed by atoms with Gasteiger partial charge in [-0.1, -0.05) is 29.3 Å². The smallest absolute Gasteiger partial charge is 0.219 e. The number of hydrogen-bond donors (Lipinski definition) is 2. The number of hydrazine groups is 1. The molecule has 2 rings (SSSR count). The van der Waals surface area contributed by atoms with Gasteiger partial charge >= 0.3 is 0 Å². The number of nitrogens with one attached hydrogen (secondary N) is 1. The minimum atomic E-state index is 0.353. The molecule has 0 aliphatic rings. The quantitative estimate of drug-likeness (QED) is 0.662. The van der Waals surface area contributed by atoms with E-state index in [9.17, 15) is 0 Å². The van der Waals surface area contributed by atoms with Crippen molar-refractivity contribution in [2.75, 3.05) is 5.43 Å². The number of pyridine rings is 1. The fourth-order valence-electron chi connectivity index (χ4n) is 1.25. The number of hydrogen-bond acceptors (Lipinski definition) is 4. The normalized spacial score (nSPS) is 10.1. The molecule has 0 amide bonds. The molecule has 0 unspecified atom stereocenters. The molecule has 0 aliphatic carbocycles.